The number of hydrogen-bond acceptors (Lipinski definition) is 2. The molecular weight excluding hydrogens is 250 g/mol. The third-order valence-electron chi connectivity index (χ3n) is 4.20. The topological polar surface area (TPSA) is 12.0 Å². The molecule has 3 heteroatoms. The van der Waals surface area contributed by atoms with Crippen molar-refractivity contribution in [3.63, 3.8) is 0 Å². The summed E-state index contributed by atoms with van der Waals surface area (Å²) in [5, 5.41) is 3.66. The molecule has 3 rings (SSSR count). The van der Waals surface area contributed by atoms with Crippen LogP contribution in [0.4, 0.5) is 0 Å². The summed E-state index contributed by atoms with van der Waals surface area (Å²) < 4.78 is 0.886. The van der Waals surface area contributed by atoms with E-state index in [0.717, 1.165) is 28.6 Å². The van der Waals surface area contributed by atoms with Crippen LogP contribution in [0, 0.1) is 17.8 Å². The molecule has 1 nitrogen and oxygen atoms in total. The highest BCUT2D eigenvalue weighted by atomic mass is 35.5. The number of hydrogen-bond donors (Lipinski definition) is 1. The average Bonchev–Trinajstić information content (AvgIpc) is 3.01. The van der Waals surface area contributed by atoms with Crippen molar-refractivity contribution in [1.29, 1.82) is 0 Å². The largest absolute Gasteiger partial charge is 0.309 e. The van der Waals surface area contributed by atoms with Crippen molar-refractivity contribution in [1.82, 2.24) is 5.32 Å². The van der Waals surface area contributed by atoms with Gasteiger partial charge in [0.1, 0.15) is 0 Å². The van der Waals surface area contributed by atoms with Crippen molar-refractivity contribution in [2.45, 2.75) is 32.4 Å². The summed E-state index contributed by atoms with van der Waals surface area (Å²) in [7, 11) is 0. The van der Waals surface area contributed by atoms with Crippen LogP contribution in [0.2, 0.25) is 4.34 Å². The fraction of sp³-hybridized carbons (Fsp3) is 0.571. The summed E-state index contributed by atoms with van der Waals surface area (Å²) in [6.45, 7) is 3.28. The predicted octanol–water partition coefficient (Wildman–Crippen LogP) is 4.09. The molecule has 0 radical (unpaired) electrons. The molecule has 2 bridgehead atoms. The van der Waals surface area contributed by atoms with Crippen LogP contribution in [0.1, 0.15) is 24.6 Å². The van der Waals surface area contributed by atoms with Crippen molar-refractivity contribution in [2.24, 2.45) is 17.8 Å². The molecule has 1 saturated carbocycles. The SMILES string of the molecule is CC(NCc1ccc(Cl)s1)C1CC2C=CC1C2. The zero-order valence-electron chi connectivity index (χ0n) is 10.0. The summed E-state index contributed by atoms with van der Waals surface area (Å²) in [4.78, 5) is 1.33. The van der Waals surface area contributed by atoms with Gasteiger partial charge in [-0.1, -0.05) is 23.8 Å². The summed E-state index contributed by atoms with van der Waals surface area (Å²) in [5.74, 6) is 2.53. The molecule has 4 unspecified atom stereocenters. The Morgan fingerprint density at radius 2 is 2.29 bits per heavy atom. The van der Waals surface area contributed by atoms with Gasteiger partial charge in [0.2, 0.25) is 0 Å². The summed E-state index contributed by atoms with van der Waals surface area (Å²) in [5.41, 5.74) is 0. The molecule has 0 amide bonds. The molecule has 2 aliphatic carbocycles. The van der Waals surface area contributed by atoms with Gasteiger partial charge in [0.05, 0.1) is 4.34 Å². The highest BCUT2D eigenvalue weighted by Crippen LogP contribution is 2.44. The summed E-state index contributed by atoms with van der Waals surface area (Å²) >= 11 is 7.61. The first-order valence-corrected chi connectivity index (χ1v) is 7.58. The van der Waals surface area contributed by atoms with Crippen LogP contribution in [-0.2, 0) is 6.54 Å². The van der Waals surface area contributed by atoms with E-state index in [9.17, 15) is 0 Å². The molecule has 0 spiro atoms. The van der Waals surface area contributed by atoms with E-state index in [1.807, 2.05) is 6.07 Å². The Morgan fingerprint density at radius 3 is 2.88 bits per heavy atom. The van der Waals surface area contributed by atoms with Crippen LogP contribution in [0.25, 0.3) is 0 Å². The van der Waals surface area contributed by atoms with Gasteiger partial charge in [-0.2, -0.15) is 0 Å². The van der Waals surface area contributed by atoms with E-state index in [1.54, 1.807) is 11.3 Å². The summed E-state index contributed by atoms with van der Waals surface area (Å²) in [6, 6.07) is 4.71. The maximum Gasteiger partial charge on any atom is 0.0931 e. The normalized spacial score (nSPS) is 32.2. The van der Waals surface area contributed by atoms with Gasteiger partial charge in [-0.3, -0.25) is 0 Å². The van der Waals surface area contributed by atoms with E-state index in [-0.39, 0.29) is 0 Å². The standard InChI is InChI=1S/C14H18ClNS/c1-9(13-7-10-2-3-11(13)6-10)16-8-12-4-5-14(15)17-12/h2-5,9-11,13,16H,6-8H2,1H3. The number of rotatable bonds is 4. The van der Waals surface area contributed by atoms with Crippen LogP contribution in [0.3, 0.4) is 0 Å². The Balaban J connectivity index is 1.54. The fourth-order valence-corrected chi connectivity index (χ4v) is 4.30. The minimum Gasteiger partial charge on any atom is -0.309 e. The molecule has 1 fully saturated rings. The maximum absolute atomic E-state index is 5.94. The van der Waals surface area contributed by atoms with Gasteiger partial charge in [-0.05, 0) is 49.7 Å². The van der Waals surface area contributed by atoms with Crippen LogP contribution in [-0.4, -0.2) is 6.04 Å². The lowest BCUT2D eigenvalue weighted by Gasteiger charge is -2.26. The monoisotopic (exact) mass is 267 g/mol. The molecule has 2 aliphatic rings. The number of allylic oxidation sites excluding steroid dienone is 2. The van der Waals surface area contributed by atoms with E-state index in [2.05, 4.69) is 30.5 Å². The molecule has 1 N–H and O–H groups in total. The Bertz CT molecular complexity index is 426. The molecule has 1 heterocycles. The van der Waals surface area contributed by atoms with Crippen molar-refractivity contribution >= 4 is 22.9 Å². The lowest BCUT2D eigenvalue weighted by molar-refractivity contribution is 0.327. The first-order chi connectivity index (χ1) is 8.22. The molecule has 1 aromatic heterocycles. The minimum atomic E-state index is 0.607. The van der Waals surface area contributed by atoms with Crippen LogP contribution < -0.4 is 5.32 Å². The number of nitrogens with one attached hydrogen (secondary N) is 1. The zero-order chi connectivity index (χ0) is 11.8. The third-order valence-corrected chi connectivity index (χ3v) is 5.43. The first kappa shape index (κ1) is 11.8. The van der Waals surface area contributed by atoms with E-state index in [4.69, 9.17) is 11.6 Å². The van der Waals surface area contributed by atoms with Crippen molar-refractivity contribution in [3.8, 4) is 0 Å². The van der Waals surface area contributed by atoms with Crippen molar-refractivity contribution < 1.29 is 0 Å². The van der Waals surface area contributed by atoms with Crippen LogP contribution in [0.15, 0.2) is 24.3 Å². The smallest absolute Gasteiger partial charge is 0.0931 e. The van der Waals surface area contributed by atoms with E-state index in [0.29, 0.717) is 6.04 Å². The van der Waals surface area contributed by atoms with Gasteiger partial charge in [-0.25, -0.2) is 0 Å². The van der Waals surface area contributed by atoms with E-state index < -0.39 is 0 Å². The number of thiophene rings is 1. The number of halogens is 1. The van der Waals surface area contributed by atoms with Gasteiger partial charge in [0.15, 0.2) is 0 Å². The molecule has 1 aromatic rings. The summed E-state index contributed by atoms with van der Waals surface area (Å²) in [6.07, 6.45) is 7.61. The second-order valence-electron chi connectivity index (χ2n) is 5.32. The number of fused-ring (bicyclic) bond motifs is 2. The average molecular weight is 268 g/mol. The van der Waals surface area contributed by atoms with Gasteiger partial charge < -0.3 is 5.32 Å². The van der Waals surface area contributed by atoms with E-state index >= 15 is 0 Å². The van der Waals surface area contributed by atoms with Crippen molar-refractivity contribution in [2.75, 3.05) is 0 Å². The van der Waals surface area contributed by atoms with E-state index in [1.165, 1.54) is 17.7 Å². The third kappa shape index (κ3) is 2.44. The first-order valence-electron chi connectivity index (χ1n) is 6.38. The zero-order valence-corrected chi connectivity index (χ0v) is 11.6. The Morgan fingerprint density at radius 1 is 1.41 bits per heavy atom. The van der Waals surface area contributed by atoms with Crippen LogP contribution >= 0.6 is 22.9 Å². The molecule has 17 heavy (non-hydrogen) atoms. The minimum absolute atomic E-state index is 0.607. The lowest BCUT2D eigenvalue weighted by Crippen LogP contribution is -2.34. The molecule has 0 aromatic carbocycles. The molecular formula is C14H18ClNS. The predicted molar refractivity (Wildman–Crippen MR) is 74.5 cm³/mol. The van der Waals surface area contributed by atoms with Gasteiger partial charge in [0, 0.05) is 17.5 Å². The quantitative estimate of drug-likeness (QED) is 0.810. The fourth-order valence-electron chi connectivity index (χ4n) is 3.26. The molecule has 0 aliphatic heterocycles. The maximum atomic E-state index is 5.94. The Labute approximate surface area is 112 Å². The van der Waals surface area contributed by atoms with Crippen LogP contribution in [0.5, 0.6) is 0 Å². The second-order valence-corrected chi connectivity index (χ2v) is 7.12. The van der Waals surface area contributed by atoms with Gasteiger partial charge in [-0.15, -0.1) is 11.3 Å². The highest BCUT2D eigenvalue weighted by Gasteiger charge is 2.38. The molecule has 4 atom stereocenters. The van der Waals surface area contributed by atoms with Gasteiger partial charge in [0.25, 0.3) is 0 Å². The lowest BCUT2D eigenvalue weighted by atomic mass is 9.87. The Kier molecular flexibility index (Phi) is 3.29. The van der Waals surface area contributed by atoms with Crippen molar-refractivity contribution in [3.05, 3.63) is 33.5 Å². The van der Waals surface area contributed by atoms with Gasteiger partial charge >= 0.3 is 0 Å². The molecule has 92 valence electrons. The Hall–Kier alpha value is -0.310. The second kappa shape index (κ2) is 4.75. The highest BCUT2D eigenvalue weighted by molar-refractivity contribution is 7.16. The molecule has 0 saturated heterocycles.